The Bertz CT molecular complexity index is 775. The van der Waals surface area contributed by atoms with Crippen molar-refractivity contribution in [1.82, 2.24) is 9.62 Å². The second-order valence-corrected chi connectivity index (χ2v) is 8.03. The normalized spacial score (nSPS) is 18.3. The van der Waals surface area contributed by atoms with Gasteiger partial charge >= 0.3 is 11.9 Å². The predicted molar refractivity (Wildman–Crippen MR) is 94.5 cm³/mol. The first kappa shape index (κ1) is 20.3. The molecule has 0 amide bonds. The number of nitrogens with zero attached hydrogens (tertiary/aromatic N) is 1. The fourth-order valence-corrected chi connectivity index (χ4v) is 4.86. The van der Waals surface area contributed by atoms with Gasteiger partial charge in [0.25, 0.3) is 0 Å². The fourth-order valence-electron chi connectivity index (χ4n) is 3.10. The molecule has 9 heteroatoms. The van der Waals surface area contributed by atoms with Crippen LogP contribution in [0.25, 0.3) is 0 Å². The maximum Gasteiger partial charge on any atom is 0.339 e. The smallest absolute Gasteiger partial charge is 0.339 e. The Morgan fingerprint density at radius 3 is 2.54 bits per heavy atom. The summed E-state index contributed by atoms with van der Waals surface area (Å²) in [5.74, 6) is -1.26. The summed E-state index contributed by atoms with van der Waals surface area (Å²) in [6, 6.07) is 3.80. The van der Waals surface area contributed by atoms with Crippen LogP contribution in [0.1, 0.15) is 33.6 Å². The summed E-state index contributed by atoms with van der Waals surface area (Å²) in [5, 5.41) is 3.06. The van der Waals surface area contributed by atoms with E-state index in [4.69, 9.17) is 4.74 Å². The third-order valence-corrected chi connectivity index (χ3v) is 6.31. The monoisotopic (exact) mass is 384 g/mol. The van der Waals surface area contributed by atoms with Crippen LogP contribution in [-0.4, -0.2) is 65.6 Å². The van der Waals surface area contributed by atoms with Gasteiger partial charge in [0.1, 0.15) is 0 Å². The van der Waals surface area contributed by atoms with E-state index in [0.717, 1.165) is 12.8 Å². The summed E-state index contributed by atoms with van der Waals surface area (Å²) in [6.45, 7) is 1.43. The third kappa shape index (κ3) is 4.22. The van der Waals surface area contributed by atoms with Crippen molar-refractivity contribution < 1.29 is 27.5 Å². The largest absolute Gasteiger partial charge is 0.465 e. The van der Waals surface area contributed by atoms with E-state index in [-0.39, 0.29) is 21.9 Å². The molecule has 1 heterocycles. The average molecular weight is 384 g/mol. The summed E-state index contributed by atoms with van der Waals surface area (Å²) < 4.78 is 37.1. The molecule has 144 valence electrons. The number of esters is 2. The lowest BCUT2D eigenvalue weighted by Crippen LogP contribution is -2.42. The van der Waals surface area contributed by atoms with Gasteiger partial charge in [-0.1, -0.05) is 0 Å². The third-order valence-electron chi connectivity index (χ3n) is 4.40. The van der Waals surface area contributed by atoms with Gasteiger partial charge in [0.05, 0.1) is 30.2 Å². The molecule has 1 fully saturated rings. The molecule has 1 aliphatic heterocycles. The number of carbonyl (C=O) groups excluding carboxylic acids is 2. The highest BCUT2D eigenvalue weighted by Crippen LogP contribution is 2.27. The van der Waals surface area contributed by atoms with Gasteiger partial charge < -0.3 is 14.8 Å². The van der Waals surface area contributed by atoms with E-state index in [1.165, 1.54) is 36.7 Å². The number of ether oxygens (including phenoxy) is 2. The standard InChI is InChI=1S/C17H24N2O6S/c1-18-10-12-5-4-8-19(11-12)26(22,23)15-9-13(16(20)24-2)6-7-14(15)17(21)25-3/h6-7,9,12,18H,4-5,8,10-11H2,1-3H3. The summed E-state index contributed by atoms with van der Waals surface area (Å²) >= 11 is 0. The molecule has 0 aromatic heterocycles. The van der Waals surface area contributed by atoms with Gasteiger partial charge in [-0.3, -0.25) is 0 Å². The van der Waals surface area contributed by atoms with Gasteiger partial charge in [0.15, 0.2) is 0 Å². The van der Waals surface area contributed by atoms with Crippen LogP contribution in [0.4, 0.5) is 0 Å². The van der Waals surface area contributed by atoms with Crippen molar-refractivity contribution in [3.8, 4) is 0 Å². The highest BCUT2D eigenvalue weighted by molar-refractivity contribution is 7.89. The van der Waals surface area contributed by atoms with Gasteiger partial charge in [-0.05, 0) is 50.6 Å². The fraction of sp³-hybridized carbons (Fsp3) is 0.529. The topological polar surface area (TPSA) is 102 Å². The summed E-state index contributed by atoms with van der Waals surface area (Å²) in [7, 11) is 0.239. The molecule has 26 heavy (non-hydrogen) atoms. The van der Waals surface area contributed by atoms with Crippen LogP contribution in [0.2, 0.25) is 0 Å². The summed E-state index contributed by atoms with van der Waals surface area (Å²) in [6.07, 6.45) is 1.66. The number of rotatable bonds is 6. The number of nitrogens with one attached hydrogen (secondary N) is 1. The van der Waals surface area contributed by atoms with E-state index >= 15 is 0 Å². The molecule has 1 aromatic carbocycles. The number of hydrogen-bond acceptors (Lipinski definition) is 7. The van der Waals surface area contributed by atoms with E-state index in [1.54, 1.807) is 0 Å². The van der Waals surface area contributed by atoms with Crippen molar-refractivity contribution in [2.75, 3.05) is 40.9 Å². The molecule has 0 radical (unpaired) electrons. The van der Waals surface area contributed by atoms with Crippen LogP contribution >= 0.6 is 0 Å². The van der Waals surface area contributed by atoms with Crippen molar-refractivity contribution in [2.24, 2.45) is 5.92 Å². The Kier molecular flexibility index (Phi) is 6.74. The highest BCUT2D eigenvalue weighted by Gasteiger charge is 2.33. The maximum atomic E-state index is 13.2. The molecule has 1 atom stereocenters. The van der Waals surface area contributed by atoms with E-state index in [9.17, 15) is 18.0 Å². The molecule has 2 rings (SSSR count). The Morgan fingerprint density at radius 2 is 1.92 bits per heavy atom. The second kappa shape index (κ2) is 8.61. The Labute approximate surface area is 153 Å². The van der Waals surface area contributed by atoms with Crippen molar-refractivity contribution in [1.29, 1.82) is 0 Å². The van der Waals surface area contributed by atoms with Crippen LogP contribution in [0, 0.1) is 5.92 Å². The minimum absolute atomic E-state index is 0.0579. The number of benzene rings is 1. The molecule has 8 nitrogen and oxygen atoms in total. The van der Waals surface area contributed by atoms with Crippen LogP contribution in [0.5, 0.6) is 0 Å². The molecule has 0 spiro atoms. The minimum Gasteiger partial charge on any atom is -0.465 e. The van der Waals surface area contributed by atoms with Crippen LogP contribution < -0.4 is 5.32 Å². The quantitative estimate of drug-likeness (QED) is 0.727. The lowest BCUT2D eigenvalue weighted by atomic mass is 10.00. The Balaban J connectivity index is 2.48. The van der Waals surface area contributed by atoms with E-state index in [2.05, 4.69) is 10.1 Å². The Hall–Kier alpha value is -1.97. The van der Waals surface area contributed by atoms with Crippen molar-refractivity contribution in [2.45, 2.75) is 17.7 Å². The first-order valence-corrected chi connectivity index (χ1v) is 9.74. The Morgan fingerprint density at radius 1 is 1.23 bits per heavy atom. The number of methoxy groups -OCH3 is 2. The number of carbonyl (C=O) groups is 2. The zero-order valence-electron chi connectivity index (χ0n) is 15.1. The maximum absolute atomic E-state index is 13.2. The van der Waals surface area contributed by atoms with Crippen molar-refractivity contribution in [3.05, 3.63) is 29.3 Å². The van der Waals surface area contributed by atoms with E-state index in [1.807, 2.05) is 7.05 Å². The number of sulfonamides is 1. The van der Waals surface area contributed by atoms with Crippen molar-refractivity contribution in [3.63, 3.8) is 0 Å². The van der Waals surface area contributed by atoms with Crippen LogP contribution in [0.3, 0.4) is 0 Å². The molecule has 1 aromatic rings. The predicted octanol–water partition coefficient (Wildman–Crippen LogP) is 0.880. The zero-order valence-corrected chi connectivity index (χ0v) is 16.0. The zero-order chi connectivity index (χ0) is 19.3. The van der Waals surface area contributed by atoms with Crippen LogP contribution in [0.15, 0.2) is 23.1 Å². The first-order chi connectivity index (χ1) is 12.3. The van der Waals surface area contributed by atoms with Gasteiger partial charge in [-0.25, -0.2) is 18.0 Å². The SMILES string of the molecule is CNCC1CCCN(S(=O)(=O)c2cc(C(=O)OC)ccc2C(=O)OC)C1. The van der Waals surface area contributed by atoms with Crippen molar-refractivity contribution >= 4 is 22.0 Å². The molecule has 0 aliphatic carbocycles. The summed E-state index contributed by atoms with van der Waals surface area (Å²) in [5.41, 5.74) is -0.0431. The van der Waals surface area contributed by atoms with Gasteiger partial charge in [-0.15, -0.1) is 0 Å². The lowest BCUT2D eigenvalue weighted by Gasteiger charge is -2.32. The second-order valence-electron chi connectivity index (χ2n) is 6.12. The molecule has 0 bridgehead atoms. The van der Waals surface area contributed by atoms with Gasteiger partial charge in [0.2, 0.25) is 10.0 Å². The van der Waals surface area contributed by atoms with E-state index in [0.29, 0.717) is 19.6 Å². The van der Waals surface area contributed by atoms with Gasteiger partial charge in [0, 0.05) is 13.1 Å². The minimum atomic E-state index is -3.97. The average Bonchev–Trinajstić information content (AvgIpc) is 2.66. The molecule has 1 N–H and O–H groups in total. The molecular formula is C17H24N2O6S. The van der Waals surface area contributed by atoms with Gasteiger partial charge in [-0.2, -0.15) is 4.31 Å². The summed E-state index contributed by atoms with van der Waals surface area (Å²) in [4.78, 5) is 23.6. The first-order valence-electron chi connectivity index (χ1n) is 8.30. The number of hydrogen-bond donors (Lipinski definition) is 1. The van der Waals surface area contributed by atoms with Crippen LogP contribution in [-0.2, 0) is 19.5 Å². The molecule has 1 saturated heterocycles. The molecular weight excluding hydrogens is 360 g/mol. The highest BCUT2D eigenvalue weighted by atomic mass is 32.2. The van der Waals surface area contributed by atoms with E-state index < -0.39 is 22.0 Å². The molecule has 1 unspecified atom stereocenters. The lowest BCUT2D eigenvalue weighted by molar-refractivity contribution is 0.0583. The molecule has 0 saturated carbocycles. The molecule has 1 aliphatic rings. The number of piperidine rings is 1.